The van der Waals surface area contributed by atoms with Gasteiger partial charge in [-0.2, -0.15) is 4.68 Å². The van der Waals surface area contributed by atoms with Crippen molar-refractivity contribution in [1.82, 2.24) is 25.5 Å². The molecule has 6 nitrogen and oxygen atoms in total. The molecule has 0 amide bonds. The summed E-state index contributed by atoms with van der Waals surface area (Å²) in [7, 11) is 0. The first-order valence-corrected chi connectivity index (χ1v) is 10.3. The molecule has 1 N–H and O–H groups in total. The zero-order valence-corrected chi connectivity index (χ0v) is 17.7. The molecule has 4 rings (SSSR count). The van der Waals surface area contributed by atoms with Crippen LogP contribution < -0.4 is 5.32 Å². The molecule has 0 unspecified atom stereocenters. The summed E-state index contributed by atoms with van der Waals surface area (Å²) in [4.78, 5) is 0. The van der Waals surface area contributed by atoms with E-state index < -0.39 is 0 Å². The van der Waals surface area contributed by atoms with Crippen molar-refractivity contribution >= 4 is 24.2 Å². The Kier molecular flexibility index (Phi) is 8.01. The minimum Gasteiger partial charge on any atom is -0.460 e. The van der Waals surface area contributed by atoms with Gasteiger partial charge in [0, 0.05) is 11.3 Å². The largest absolute Gasteiger partial charge is 0.460 e. The minimum atomic E-state index is -0.252. The summed E-state index contributed by atoms with van der Waals surface area (Å²) in [6, 6.07) is 20.0. The highest BCUT2D eigenvalue weighted by molar-refractivity contribution is 7.99. The van der Waals surface area contributed by atoms with Crippen molar-refractivity contribution in [2.75, 3.05) is 12.3 Å². The summed E-state index contributed by atoms with van der Waals surface area (Å²) < 4.78 is 20.6. The second kappa shape index (κ2) is 10.9. The Balaban J connectivity index is 0.00000256. The number of nitrogens with zero attached hydrogens (tertiary/aromatic N) is 4. The Morgan fingerprint density at radius 1 is 1.00 bits per heavy atom. The normalized spacial score (nSPS) is 10.7. The molecule has 0 radical (unpaired) electrons. The molecule has 0 aliphatic carbocycles. The van der Waals surface area contributed by atoms with E-state index in [1.165, 1.54) is 12.1 Å². The summed E-state index contributed by atoms with van der Waals surface area (Å²) in [6.45, 7) is 1.50. The lowest BCUT2D eigenvalue weighted by molar-refractivity contribution is 0.494. The lowest BCUT2D eigenvalue weighted by Gasteiger charge is -2.05. The standard InChI is InChI=1S/C21H20FN5OS.ClH/c22-17-9-7-16(8-10-17)20-12-11-19(28-20)15-23-13-4-14-29-21-24-25-26-27(21)18-5-2-1-3-6-18;/h1-3,5-12,23H,4,13-15H2;1H. The summed E-state index contributed by atoms with van der Waals surface area (Å²) >= 11 is 1.63. The zero-order valence-electron chi connectivity index (χ0n) is 16.1. The average Bonchev–Trinajstić information content (AvgIpc) is 3.41. The highest BCUT2D eigenvalue weighted by Crippen LogP contribution is 2.22. The fourth-order valence-electron chi connectivity index (χ4n) is 2.81. The van der Waals surface area contributed by atoms with E-state index in [0.717, 1.165) is 46.6 Å². The van der Waals surface area contributed by atoms with Crippen molar-refractivity contribution in [3.05, 3.63) is 78.3 Å². The molecule has 2 aromatic heterocycles. The van der Waals surface area contributed by atoms with E-state index in [-0.39, 0.29) is 18.2 Å². The first-order valence-electron chi connectivity index (χ1n) is 9.31. The van der Waals surface area contributed by atoms with Crippen LogP contribution >= 0.6 is 24.2 Å². The van der Waals surface area contributed by atoms with Crippen molar-refractivity contribution in [3.63, 3.8) is 0 Å². The molecule has 156 valence electrons. The number of aromatic nitrogens is 4. The monoisotopic (exact) mass is 445 g/mol. The topological polar surface area (TPSA) is 68.8 Å². The van der Waals surface area contributed by atoms with Crippen LogP contribution in [0.4, 0.5) is 4.39 Å². The summed E-state index contributed by atoms with van der Waals surface area (Å²) in [5, 5.41) is 16.1. The fraction of sp³-hybridized carbons (Fsp3) is 0.190. The lowest BCUT2D eigenvalue weighted by atomic mass is 10.2. The number of halogens is 2. The predicted octanol–water partition coefficient (Wildman–Crippen LogP) is 4.76. The van der Waals surface area contributed by atoms with Gasteiger partial charge in [0.2, 0.25) is 5.16 Å². The molecule has 2 heterocycles. The fourth-order valence-corrected chi connectivity index (χ4v) is 3.64. The van der Waals surface area contributed by atoms with Gasteiger partial charge in [0.15, 0.2) is 0 Å². The van der Waals surface area contributed by atoms with E-state index in [2.05, 4.69) is 20.8 Å². The van der Waals surface area contributed by atoms with Gasteiger partial charge in [-0.05, 0) is 71.9 Å². The average molecular weight is 446 g/mol. The number of hydrogen-bond donors (Lipinski definition) is 1. The number of hydrogen-bond acceptors (Lipinski definition) is 6. The summed E-state index contributed by atoms with van der Waals surface area (Å²) in [6.07, 6.45) is 0.970. The van der Waals surface area contributed by atoms with Gasteiger partial charge in [-0.1, -0.05) is 30.0 Å². The molecule has 4 aromatic rings. The van der Waals surface area contributed by atoms with Crippen molar-refractivity contribution in [2.45, 2.75) is 18.1 Å². The van der Waals surface area contributed by atoms with E-state index in [4.69, 9.17) is 4.42 Å². The maximum absolute atomic E-state index is 13.0. The number of tetrazole rings is 1. The molecule has 0 saturated carbocycles. The quantitative estimate of drug-likeness (QED) is 0.296. The number of thioether (sulfide) groups is 1. The molecule has 30 heavy (non-hydrogen) atoms. The molecule has 9 heteroatoms. The van der Waals surface area contributed by atoms with Crippen LogP contribution in [-0.4, -0.2) is 32.5 Å². The van der Waals surface area contributed by atoms with Crippen LogP contribution in [0, 0.1) is 5.82 Å². The van der Waals surface area contributed by atoms with Crippen LogP contribution in [0.1, 0.15) is 12.2 Å². The van der Waals surface area contributed by atoms with Crippen LogP contribution in [0.2, 0.25) is 0 Å². The van der Waals surface area contributed by atoms with E-state index in [1.54, 1.807) is 28.6 Å². The molecular weight excluding hydrogens is 425 g/mol. The molecule has 2 aromatic carbocycles. The molecule has 0 spiro atoms. The Labute approximate surface area is 184 Å². The maximum atomic E-state index is 13.0. The highest BCUT2D eigenvalue weighted by atomic mass is 35.5. The first-order chi connectivity index (χ1) is 14.3. The molecule has 0 aliphatic heterocycles. The van der Waals surface area contributed by atoms with Gasteiger partial charge in [0.25, 0.3) is 0 Å². The number of nitrogens with one attached hydrogen (secondary N) is 1. The van der Waals surface area contributed by atoms with Crippen LogP contribution in [0.3, 0.4) is 0 Å². The first kappa shape index (κ1) is 22.0. The Hall–Kier alpha value is -2.68. The highest BCUT2D eigenvalue weighted by Gasteiger charge is 2.08. The van der Waals surface area contributed by atoms with Gasteiger partial charge in [-0.15, -0.1) is 17.5 Å². The molecule has 0 saturated heterocycles. The van der Waals surface area contributed by atoms with E-state index in [9.17, 15) is 4.39 Å². The van der Waals surface area contributed by atoms with Crippen LogP contribution in [0.25, 0.3) is 17.0 Å². The summed E-state index contributed by atoms with van der Waals surface area (Å²) in [5.74, 6) is 2.24. The van der Waals surface area contributed by atoms with E-state index in [1.807, 2.05) is 42.5 Å². The van der Waals surface area contributed by atoms with Crippen LogP contribution in [0.5, 0.6) is 0 Å². The lowest BCUT2D eigenvalue weighted by Crippen LogP contribution is -2.14. The number of para-hydroxylation sites is 1. The maximum Gasteiger partial charge on any atom is 0.214 e. The molecule has 0 aliphatic rings. The molecule has 0 atom stereocenters. The number of rotatable bonds is 9. The van der Waals surface area contributed by atoms with Crippen molar-refractivity contribution in [1.29, 1.82) is 0 Å². The number of furan rings is 1. The Morgan fingerprint density at radius 3 is 2.60 bits per heavy atom. The van der Waals surface area contributed by atoms with E-state index >= 15 is 0 Å². The van der Waals surface area contributed by atoms with Crippen molar-refractivity contribution in [3.8, 4) is 17.0 Å². The van der Waals surface area contributed by atoms with Crippen molar-refractivity contribution in [2.24, 2.45) is 0 Å². The van der Waals surface area contributed by atoms with Gasteiger partial charge in [0.05, 0.1) is 12.2 Å². The second-order valence-electron chi connectivity index (χ2n) is 6.36. The Bertz CT molecular complexity index is 1040. The van der Waals surface area contributed by atoms with Gasteiger partial charge >= 0.3 is 0 Å². The molecule has 0 bridgehead atoms. The zero-order chi connectivity index (χ0) is 19.9. The van der Waals surface area contributed by atoms with Crippen molar-refractivity contribution < 1.29 is 8.81 Å². The van der Waals surface area contributed by atoms with Gasteiger partial charge < -0.3 is 9.73 Å². The predicted molar refractivity (Wildman–Crippen MR) is 118 cm³/mol. The smallest absolute Gasteiger partial charge is 0.214 e. The molecule has 0 fully saturated rings. The van der Waals surface area contributed by atoms with Crippen LogP contribution in [0.15, 0.2) is 76.3 Å². The number of benzene rings is 2. The van der Waals surface area contributed by atoms with Crippen LogP contribution in [-0.2, 0) is 6.54 Å². The SMILES string of the molecule is Cl.Fc1ccc(-c2ccc(CNCCCSc3nnnn3-c3ccccc3)o2)cc1. The third-order valence-electron chi connectivity index (χ3n) is 4.26. The molecular formula is C21H21ClFN5OS. The summed E-state index contributed by atoms with van der Waals surface area (Å²) in [5.41, 5.74) is 1.82. The minimum absolute atomic E-state index is 0. The third kappa shape index (κ3) is 5.69. The van der Waals surface area contributed by atoms with E-state index in [0.29, 0.717) is 6.54 Å². The van der Waals surface area contributed by atoms with Gasteiger partial charge in [-0.25, -0.2) is 4.39 Å². The second-order valence-corrected chi connectivity index (χ2v) is 7.42. The van der Waals surface area contributed by atoms with Gasteiger partial charge in [-0.3, -0.25) is 0 Å². The Morgan fingerprint density at radius 2 is 1.80 bits per heavy atom. The third-order valence-corrected chi connectivity index (χ3v) is 5.27. The van der Waals surface area contributed by atoms with Gasteiger partial charge in [0.1, 0.15) is 17.3 Å².